The van der Waals surface area contributed by atoms with E-state index in [1.165, 1.54) is 17.8 Å². The summed E-state index contributed by atoms with van der Waals surface area (Å²) >= 11 is 0. The van der Waals surface area contributed by atoms with Crippen LogP contribution in [0.2, 0.25) is 0 Å². The van der Waals surface area contributed by atoms with E-state index in [1.54, 1.807) is 11.1 Å². The summed E-state index contributed by atoms with van der Waals surface area (Å²) in [5, 5.41) is 4.18. The molecule has 3 heterocycles. The summed E-state index contributed by atoms with van der Waals surface area (Å²) < 4.78 is 3.06. The maximum absolute atomic E-state index is 12.8. The van der Waals surface area contributed by atoms with Gasteiger partial charge in [-0.05, 0) is 31.7 Å². The normalized spacial score (nSPS) is 17.9. The molecule has 0 aromatic carbocycles. The first kappa shape index (κ1) is 16.2. The molecule has 0 bridgehead atoms. The highest BCUT2D eigenvalue weighted by Gasteiger charge is 2.29. The van der Waals surface area contributed by atoms with E-state index in [2.05, 4.69) is 10.1 Å². The van der Waals surface area contributed by atoms with E-state index in [0.29, 0.717) is 6.54 Å². The number of piperidine rings is 1. The molecule has 8 heteroatoms. The van der Waals surface area contributed by atoms with Gasteiger partial charge in [0.2, 0.25) is 0 Å². The Morgan fingerprint density at radius 1 is 1.38 bits per heavy atom. The molecule has 1 saturated heterocycles. The van der Waals surface area contributed by atoms with Crippen LogP contribution in [-0.4, -0.2) is 42.7 Å². The minimum Gasteiger partial charge on any atom is -0.335 e. The van der Waals surface area contributed by atoms with Crippen LogP contribution in [0.5, 0.6) is 0 Å². The minimum atomic E-state index is -0.625. The van der Waals surface area contributed by atoms with Gasteiger partial charge in [-0.1, -0.05) is 0 Å². The van der Waals surface area contributed by atoms with Crippen LogP contribution in [0.1, 0.15) is 36.0 Å². The minimum absolute atomic E-state index is 0.0167. The molecule has 1 aliphatic rings. The number of H-pyrrole nitrogens is 1. The summed E-state index contributed by atoms with van der Waals surface area (Å²) in [6.45, 7) is 1.36. The Labute approximate surface area is 138 Å². The molecular formula is C16H21N5O3. The molecule has 0 aliphatic carbocycles. The topological polar surface area (TPSA) is 93.0 Å². The number of aromatic nitrogens is 4. The maximum Gasteiger partial charge on any atom is 0.328 e. The van der Waals surface area contributed by atoms with Crippen molar-refractivity contribution in [2.24, 2.45) is 7.05 Å². The second-order valence-corrected chi connectivity index (χ2v) is 6.12. The van der Waals surface area contributed by atoms with Crippen molar-refractivity contribution in [2.75, 3.05) is 6.54 Å². The average molecular weight is 331 g/mol. The van der Waals surface area contributed by atoms with Crippen LogP contribution in [0, 0.1) is 0 Å². The highest BCUT2D eigenvalue weighted by Crippen LogP contribution is 2.21. The first-order valence-electron chi connectivity index (χ1n) is 8.14. The Hall–Kier alpha value is -2.64. The predicted molar refractivity (Wildman–Crippen MR) is 87.8 cm³/mol. The van der Waals surface area contributed by atoms with Crippen molar-refractivity contribution in [3.63, 3.8) is 0 Å². The van der Waals surface area contributed by atoms with Crippen LogP contribution >= 0.6 is 0 Å². The number of hydrogen-bond acceptors (Lipinski definition) is 4. The van der Waals surface area contributed by atoms with Crippen LogP contribution in [-0.2, 0) is 13.6 Å². The van der Waals surface area contributed by atoms with E-state index < -0.39 is 11.2 Å². The predicted octanol–water partition coefficient (Wildman–Crippen LogP) is 0.355. The number of likely N-dealkylation sites (tertiary alicyclic amines) is 1. The molecule has 2 aromatic heterocycles. The third-order valence-corrected chi connectivity index (χ3v) is 4.48. The van der Waals surface area contributed by atoms with Gasteiger partial charge in [0.25, 0.3) is 11.5 Å². The molecular weight excluding hydrogens is 310 g/mol. The summed E-state index contributed by atoms with van der Waals surface area (Å²) in [6.07, 6.45) is 8.64. The van der Waals surface area contributed by atoms with Gasteiger partial charge in [0, 0.05) is 44.8 Å². The summed E-state index contributed by atoms with van der Waals surface area (Å²) in [6, 6.07) is 1.94. The fraction of sp³-hybridized carbons (Fsp3) is 0.500. The summed E-state index contributed by atoms with van der Waals surface area (Å²) in [7, 11) is 1.51. The standard InChI is InChI=1S/C16H21N5O3/c1-19-11-13(14(22)18-16(19)24)15(23)21-9-3-2-5-12(21)6-10-20-8-4-7-17-20/h4,7-8,11-12H,2-3,5-6,9-10H2,1H3,(H,18,22,24)/t12-/m0/s1. The van der Waals surface area contributed by atoms with Crippen LogP contribution in [0.4, 0.5) is 0 Å². The second kappa shape index (κ2) is 6.86. The van der Waals surface area contributed by atoms with Gasteiger partial charge in [0.1, 0.15) is 5.56 Å². The van der Waals surface area contributed by atoms with Crippen molar-refractivity contribution in [1.29, 1.82) is 0 Å². The first-order valence-corrected chi connectivity index (χ1v) is 8.14. The Morgan fingerprint density at radius 2 is 2.21 bits per heavy atom. The van der Waals surface area contributed by atoms with E-state index in [9.17, 15) is 14.4 Å². The van der Waals surface area contributed by atoms with Gasteiger partial charge in [-0.15, -0.1) is 0 Å². The van der Waals surface area contributed by atoms with Gasteiger partial charge in [-0.3, -0.25) is 19.3 Å². The zero-order chi connectivity index (χ0) is 17.1. The lowest BCUT2D eigenvalue weighted by atomic mass is 9.98. The van der Waals surface area contributed by atoms with Crippen molar-refractivity contribution in [3.8, 4) is 0 Å². The third-order valence-electron chi connectivity index (χ3n) is 4.48. The lowest BCUT2D eigenvalue weighted by Gasteiger charge is -2.35. The number of rotatable bonds is 4. The molecule has 1 N–H and O–H groups in total. The summed E-state index contributed by atoms with van der Waals surface area (Å²) in [4.78, 5) is 40.2. The number of aryl methyl sites for hydroxylation is 2. The third kappa shape index (κ3) is 3.32. The highest BCUT2D eigenvalue weighted by atomic mass is 16.2. The van der Waals surface area contributed by atoms with Crippen molar-refractivity contribution in [1.82, 2.24) is 24.2 Å². The second-order valence-electron chi connectivity index (χ2n) is 6.12. The van der Waals surface area contributed by atoms with Gasteiger partial charge < -0.3 is 9.47 Å². The van der Waals surface area contributed by atoms with E-state index >= 15 is 0 Å². The van der Waals surface area contributed by atoms with E-state index in [-0.39, 0.29) is 17.5 Å². The van der Waals surface area contributed by atoms with Gasteiger partial charge >= 0.3 is 5.69 Å². The van der Waals surface area contributed by atoms with Crippen LogP contribution in [0.3, 0.4) is 0 Å². The molecule has 0 unspecified atom stereocenters. The molecule has 128 valence electrons. The highest BCUT2D eigenvalue weighted by molar-refractivity contribution is 5.93. The van der Waals surface area contributed by atoms with Crippen LogP contribution < -0.4 is 11.2 Å². The fourth-order valence-corrected chi connectivity index (χ4v) is 3.15. The largest absolute Gasteiger partial charge is 0.335 e. The molecule has 0 radical (unpaired) electrons. The van der Waals surface area contributed by atoms with E-state index in [1.807, 2.05) is 16.9 Å². The molecule has 1 aliphatic heterocycles. The lowest BCUT2D eigenvalue weighted by Crippen LogP contribution is -2.46. The molecule has 1 amide bonds. The lowest BCUT2D eigenvalue weighted by molar-refractivity contribution is 0.0591. The van der Waals surface area contributed by atoms with Crippen LogP contribution in [0.25, 0.3) is 0 Å². The molecule has 8 nitrogen and oxygen atoms in total. The SMILES string of the molecule is Cn1cc(C(=O)N2CCCC[C@H]2CCn2cccn2)c(=O)[nH]c1=O. The van der Waals surface area contributed by atoms with Crippen LogP contribution in [0.15, 0.2) is 34.2 Å². The quantitative estimate of drug-likeness (QED) is 0.875. The molecule has 24 heavy (non-hydrogen) atoms. The summed E-state index contributed by atoms with van der Waals surface area (Å²) in [5.74, 6) is -0.308. The van der Waals surface area contributed by atoms with Crippen molar-refractivity contribution < 1.29 is 4.79 Å². The molecule has 1 fully saturated rings. The smallest absolute Gasteiger partial charge is 0.328 e. The zero-order valence-electron chi connectivity index (χ0n) is 13.6. The number of nitrogens with one attached hydrogen (secondary N) is 1. The first-order chi connectivity index (χ1) is 11.6. The Bertz CT molecular complexity index is 821. The molecule has 1 atom stereocenters. The summed E-state index contributed by atoms with van der Waals surface area (Å²) in [5.41, 5.74) is -1.13. The number of amides is 1. The van der Waals surface area contributed by atoms with E-state index in [4.69, 9.17) is 0 Å². The molecule has 3 rings (SSSR count). The zero-order valence-corrected chi connectivity index (χ0v) is 13.6. The van der Waals surface area contributed by atoms with Crippen molar-refractivity contribution in [3.05, 3.63) is 51.1 Å². The van der Waals surface area contributed by atoms with Gasteiger partial charge in [-0.25, -0.2) is 4.79 Å². The Morgan fingerprint density at radius 3 is 2.96 bits per heavy atom. The average Bonchev–Trinajstić information content (AvgIpc) is 3.09. The number of aromatic amines is 1. The Balaban J connectivity index is 1.79. The fourth-order valence-electron chi connectivity index (χ4n) is 3.15. The van der Waals surface area contributed by atoms with Crippen molar-refractivity contribution in [2.45, 2.75) is 38.3 Å². The number of carbonyl (C=O) groups excluding carboxylic acids is 1. The monoisotopic (exact) mass is 331 g/mol. The number of hydrogen-bond donors (Lipinski definition) is 1. The van der Waals surface area contributed by atoms with Gasteiger partial charge in [0.15, 0.2) is 0 Å². The number of nitrogens with zero attached hydrogens (tertiary/aromatic N) is 4. The number of carbonyl (C=O) groups is 1. The molecule has 0 spiro atoms. The Kier molecular flexibility index (Phi) is 4.64. The maximum atomic E-state index is 12.8. The van der Waals surface area contributed by atoms with Gasteiger partial charge in [-0.2, -0.15) is 5.10 Å². The molecule has 2 aromatic rings. The molecule has 0 saturated carbocycles. The van der Waals surface area contributed by atoms with Gasteiger partial charge in [0.05, 0.1) is 0 Å². The van der Waals surface area contributed by atoms with E-state index in [0.717, 1.165) is 32.2 Å². The van der Waals surface area contributed by atoms with Crippen molar-refractivity contribution >= 4 is 5.91 Å².